The quantitative estimate of drug-likeness (QED) is 0.867. The van der Waals surface area contributed by atoms with Gasteiger partial charge in [0, 0.05) is 19.2 Å². The molecule has 1 aromatic heterocycles. The summed E-state index contributed by atoms with van der Waals surface area (Å²) in [5.41, 5.74) is 2.18. The molecule has 2 heterocycles. The van der Waals surface area contributed by atoms with Crippen LogP contribution in [0.4, 0.5) is 5.69 Å². The average molecular weight is 317 g/mol. The molecule has 1 aliphatic heterocycles. The van der Waals surface area contributed by atoms with Crippen LogP contribution in [-0.4, -0.2) is 27.8 Å². The second-order valence-corrected chi connectivity index (χ2v) is 6.69. The van der Waals surface area contributed by atoms with Crippen molar-refractivity contribution in [2.75, 3.05) is 11.4 Å². The molecule has 0 unspecified atom stereocenters. The summed E-state index contributed by atoms with van der Waals surface area (Å²) in [6, 6.07) is 8.12. The van der Waals surface area contributed by atoms with Gasteiger partial charge in [0.1, 0.15) is 0 Å². The second-order valence-electron chi connectivity index (χ2n) is 5.50. The summed E-state index contributed by atoms with van der Waals surface area (Å²) >= 11 is 1.60. The number of piperidine rings is 1. The van der Waals surface area contributed by atoms with Crippen LogP contribution in [0.3, 0.4) is 0 Å². The summed E-state index contributed by atoms with van der Waals surface area (Å²) in [6.07, 6.45) is 1.92. The van der Waals surface area contributed by atoms with Gasteiger partial charge in [0.25, 0.3) is 0 Å². The van der Waals surface area contributed by atoms with Crippen LogP contribution >= 0.6 is 11.8 Å². The number of hydrogen-bond acceptors (Lipinski definition) is 5. The summed E-state index contributed by atoms with van der Waals surface area (Å²) in [5, 5.41) is 3.85. The number of aromatic nitrogens is 2. The molecule has 3 rings (SSSR count). The van der Waals surface area contributed by atoms with E-state index in [1.165, 1.54) is 5.56 Å². The van der Waals surface area contributed by atoms with Gasteiger partial charge < -0.3 is 9.42 Å². The van der Waals surface area contributed by atoms with Gasteiger partial charge in [-0.15, -0.1) is 11.8 Å². The van der Waals surface area contributed by atoms with Gasteiger partial charge in [-0.3, -0.25) is 4.79 Å². The van der Waals surface area contributed by atoms with E-state index in [-0.39, 0.29) is 11.2 Å². The molecule has 2 aromatic rings. The number of nitrogens with zero attached hydrogens (tertiary/aromatic N) is 3. The Balaban J connectivity index is 1.65. The second kappa shape index (κ2) is 6.52. The number of carbonyl (C=O) groups is 1. The van der Waals surface area contributed by atoms with Crippen LogP contribution in [0, 0.1) is 13.8 Å². The lowest BCUT2D eigenvalue weighted by Crippen LogP contribution is -2.43. The Kier molecular flexibility index (Phi) is 4.47. The molecule has 0 aliphatic carbocycles. The minimum atomic E-state index is -0.0335. The number of hydrogen-bond donors (Lipinski definition) is 0. The third-order valence-corrected chi connectivity index (χ3v) is 4.98. The maximum atomic E-state index is 12.7. The fourth-order valence-electron chi connectivity index (χ4n) is 2.55. The maximum Gasteiger partial charge on any atom is 0.240 e. The first-order valence-corrected chi connectivity index (χ1v) is 8.47. The van der Waals surface area contributed by atoms with Crippen LogP contribution in [0.5, 0.6) is 0 Å². The molecule has 116 valence electrons. The van der Waals surface area contributed by atoms with E-state index in [9.17, 15) is 4.79 Å². The number of aryl methyl sites for hydroxylation is 2. The molecular formula is C16H19N3O2S. The molecule has 1 saturated heterocycles. The van der Waals surface area contributed by atoms with Gasteiger partial charge in [-0.2, -0.15) is 4.98 Å². The van der Waals surface area contributed by atoms with Crippen molar-refractivity contribution in [2.24, 2.45) is 0 Å². The zero-order valence-corrected chi connectivity index (χ0v) is 13.6. The van der Waals surface area contributed by atoms with Crippen LogP contribution in [-0.2, 0) is 10.5 Å². The number of rotatable bonds is 4. The Labute approximate surface area is 134 Å². The van der Waals surface area contributed by atoms with E-state index in [2.05, 4.69) is 10.1 Å². The Bertz CT molecular complexity index is 654. The summed E-state index contributed by atoms with van der Waals surface area (Å²) in [4.78, 5) is 18.8. The van der Waals surface area contributed by atoms with Crippen LogP contribution in [0.25, 0.3) is 0 Å². The molecule has 0 radical (unpaired) electrons. The fourth-order valence-corrected chi connectivity index (χ4v) is 3.62. The number of carbonyl (C=O) groups excluding carboxylic acids is 1. The summed E-state index contributed by atoms with van der Waals surface area (Å²) < 4.78 is 4.96. The van der Waals surface area contributed by atoms with Crippen molar-refractivity contribution in [1.82, 2.24) is 10.1 Å². The topological polar surface area (TPSA) is 59.2 Å². The van der Waals surface area contributed by atoms with E-state index in [4.69, 9.17) is 4.52 Å². The van der Waals surface area contributed by atoms with Crippen LogP contribution in [0.15, 0.2) is 28.8 Å². The van der Waals surface area contributed by atoms with Gasteiger partial charge in [-0.05, 0) is 31.9 Å². The molecule has 1 aromatic carbocycles. The Morgan fingerprint density at radius 3 is 2.77 bits per heavy atom. The monoisotopic (exact) mass is 317 g/mol. The first-order chi connectivity index (χ1) is 10.6. The minimum absolute atomic E-state index is 0.0335. The highest BCUT2D eigenvalue weighted by Crippen LogP contribution is 2.29. The number of benzene rings is 1. The average Bonchev–Trinajstić information content (AvgIpc) is 2.93. The lowest BCUT2D eigenvalue weighted by atomic mass is 10.1. The van der Waals surface area contributed by atoms with Crippen molar-refractivity contribution in [2.45, 2.75) is 37.7 Å². The summed E-state index contributed by atoms with van der Waals surface area (Å²) in [7, 11) is 0. The normalized spacial score (nSPS) is 18.7. The largest absolute Gasteiger partial charge is 0.340 e. The molecule has 0 spiro atoms. The SMILES string of the molecule is Cc1ccc(N2CCC[C@H](SCc3noc(C)n3)C2=O)cc1. The molecule has 0 saturated carbocycles. The van der Waals surface area contributed by atoms with Gasteiger partial charge >= 0.3 is 0 Å². The first kappa shape index (κ1) is 15.1. The first-order valence-electron chi connectivity index (χ1n) is 7.42. The van der Waals surface area contributed by atoms with E-state index in [1.54, 1.807) is 18.7 Å². The predicted molar refractivity (Wildman–Crippen MR) is 86.9 cm³/mol. The molecule has 1 amide bonds. The number of thioether (sulfide) groups is 1. The highest BCUT2D eigenvalue weighted by molar-refractivity contribution is 7.99. The van der Waals surface area contributed by atoms with Crippen molar-refractivity contribution in [3.63, 3.8) is 0 Å². The molecule has 6 heteroatoms. The Morgan fingerprint density at radius 1 is 1.32 bits per heavy atom. The van der Waals surface area contributed by atoms with Crippen molar-refractivity contribution in [3.05, 3.63) is 41.5 Å². The van der Waals surface area contributed by atoms with Crippen molar-refractivity contribution >= 4 is 23.4 Å². The zero-order valence-electron chi connectivity index (χ0n) is 12.8. The van der Waals surface area contributed by atoms with E-state index in [0.717, 1.165) is 25.1 Å². The third-order valence-electron chi connectivity index (χ3n) is 3.72. The smallest absolute Gasteiger partial charge is 0.240 e. The standard InChI is InChI=1S/C16H19N3O2S/c1-11-5-7-13(8-6-11)19-9-3-4-14(16(19)20)22-10-15-17-12(2)21-18-15/h5-8,14H,3-4,9-10H2,1-2H3/t14-/m0/s1. The molecule has 1 aliphatic rings. The van der Waals surface area contributed by atoms with Gasteiger partial charge in [0.05, 0.1) is 11.0 Å². The highest BCUT2D eigenvalue weighted by Gasteiger charge is 2.30. The molecule has 22 heavy (non-hydrogen) atoms. The summed E-state index contributed by atoms with van der Waals surface area (Å²) in [6.45, 7) is 4.61. The molecule has 0 bridgehead atoms. The van der Waals surface area contributed by atoms with Crippen LogP contribution in [0.1, 0.15) is 30.1 Å². The zero-order chi connectivity index (χ0) is 15.5. The molecule has 1 fully saturated rings. The minimum Gasteiger partial charge on any atom is -0.340 e. The Morgan fingerprint density at radius 2 is 2.09 bits per heavy atom. The van der Waals surface area contributed by atoms with Crippen molar-refractivity contribution in [1.29, 1.82) is 0 Å². The number of anilines is 1. The predicted octanol–water partition coefficient (Wildman–Crippen LogP) is 3.12. The van der Waals surface area contributed by atoms with Gasteiger partial charge in [-0.1, -0.05) is 22.9 Å². The van der Waals surface area contributed by atoms with E-state index in [0.29, 0.717) is 17.5 Å². The van der Waals surface area contributed by atoms with Crippen LogP contribution < -0.4 is 4.90 Å². The van der Waals surface area contributed by atoms with Crippen molar-refractivity contribution in [3.8, 4) is 0 Å². The molecule has 1 atom stereocenters. The molecule has 0 N–H and O–H groups in total. The van der Waals surface area contributed by atoms with Crippen molar-refractivity contribution < 1.29 is 9.32 Å². The van der Waals surface area contributed by atoms with Gasteiger partial charge in [0.2, 0.25) is 11.8 Å². The third kappa shape index (κ3) is 3.32. The fraction of sp³-hybridized carbons (Fsp3) is 0.438. The lowest BCUT2D eigenvalue weighted by Gasteiger charge is -2.32. The van der Waals surface area contributed by atoms with E-state index >= 15 is 0 Å². The van der Waals surface area contributed by atoms with E-state index in [1.807, 2.05) is 36.1 Å². The van der Waals surface area contributed by atoms with E-state index < -0.39 is 0 Å². The van der Waals surface area contributed by atoms with Gasteiger partial charge in [-0.25, -0.2) is 0 Å². The highest BCUT2D eigenvalue weighted by atomic mass is 32.2. The Hall–Kier alpha value is -1.82. The van der Waals surface area contributed by atoms with Crippen LogP contribution in [0.2, 0.25) is 0 Å². The maximum absolute atomic E-state index is 12.7. The lowest BCUT2D eigenvalue weighted by molar-refractivity contribution is -0.119. The molecular weight excluding hydrogens is 298 g/mol. The summed E-state index contributed by atoms with van der Waals surface area (Å²) in [5.74, 6) is 2.00. The number of amides is 1. The van der Waals surface area contributed by atoms with Gasteiger partial charge in [0.15, 0.2) is 5.82 Å². The molecule has 5 nitrogen and oxygen atoms in total.